The third-order valence-electron chi connectivity index (χ3n) is 2.65. The number of rotatable bonds is 5. The maximum Gasteiger partial charge on any atom is 0.321 e. The summed E-state index contributed by atoms with van der Waals surface area (Å²) in [5.74, 6) is 0.684. The summed E-state index contributed by atoms with van der Waals surface area (Å²) in [6.07, 6.45) is 4.33. The highest BCUT2D eigenvalue weighted by molar-refractivity contribution is 8.00. The standard InChI is InChI=1S/C12H23N3O2S/c1-12(2,13)8-18-7-10(16)15-11(17)14-9-5-3-4-6-9/h9H,3-8,13H2,1-2H3,(H2,14,15,16,17). The van der Waals surface area contributed by atoms with E-state index in [2.05, 4.69) is 10.6 Å². The summed E-state index contributed by atoms with van der Waals surface area (Å²) >= 11 is 1.44. The van der Waals surface area contributed by atoms with Crippen molar-refractivity contribution in [1.82, 2.24) is 10.6 Å². The van der Waals surface area contributed by atoms with E-state index < -0.39 is 0 Å². The van der Waals surface area contributed by atoms with Crippen molar-refractivity contribution in [2.75, 3.05) is 11.5 Å². The molecule has 1 rings (SSSR count). The van der Waals surface area contributed by atoms with Crippen LogP contribution >= 0.6 is 11.8 Å². The van der Waals surface area contributed by atoms with E-state index in [0.29, 0.717) is 5.75 Å². The van der Waals surface area contributed by atoms with Gasteiger partial charge in [0.25, 0.3) is 0 Å². The first-order valence-corrected chi connectivity index (χ1v) is 7.49. The SMILES string of the molecule is CC(C)(N)CSCC(=O)NC(=O)NC1CCCC1. The van der Waals surface area contributed by atoms with Gasteiger partial charge in [-0.05, 0) is 26.7 Å². The molecule has 4 N–H and O–H groups in total. The molecule has 0 aromatic carbocycles. The highest BCUT2D eigenvalue weighted by Gasteiger charge is 2.18. The Balaban J connectivity index is 2.13. The quantitative estimate of drug-likeness (QED) is 0.703. The van der Waals surface area contributed by atoms with Gasteiger partial charge in [0.1, 0.15) is 0 Å². The summed E-state index contributed by atoms with van der Waals surface area (Å²) < 4.78 is 0. The summed E-state index contributed by atoms with van der Waals surface area (Å²) in [6, 6.07) is -0.145. The van der Waals surface area contributed by atoms with Crippen LogP contribution in [0.25, 0.3) is 0 Å². The fourth-order valence-corrected chi connectivity index (χ4v) is 2.75. The van der Waals surface area contributed by atoms with E-state index in [1.54, 1.807) is 0 Å². The fourth-order valence-electron chi connectivity index (χ4n) is 1.86. The molecule has 5 nitrogen and oxygen atoms in total. The number of hydrogen-bond donors (Lipinski definition) is 3. The lowest BCUT2D eigenvalue weighted by molar-refractivity contribution is -0.117. The molecule has 6 heteroatoms. The van der Waals surface area contributed by atoms with Gasteiger partial charge in [-0.15, -0.1) is 0 Å². The molecule has 0 spiro atoms. The molecule has 0 bridgehead atoms. The zero-order chi connectivity index (χ0) is 13.6. The van der Waals surface area contributed by atoms with Crippen LogP contribution < -0.4 is 16.4 Å². The van der Waals surface area contributed by atoms with Crippen LogP contribution in [0.4, 0.5) is 4.79 Å². The van der Waals surface area contributed by atoms with Gasteiger partial charge in [0.05, 0.1) is 5.75 Å². The average Bonchev–Trinajstić information content (AvgIpc) is 2.67. The lowest BCUT2D eigenvalue weighted by Crippen LogP contribution is -2.44. The minimum absolute atomic E-state index is 0.230. The molecule has 0 saturated heterocycles. The van der Waals surface area contributed by atoms with Crippen molar-refractivity contribution >= 4 is 23.7 Å². The molecule has 0 aromatic rings. The van der Waals surface area contributed by atoms with Gasteiger partial charge in [0.15, 0.2) is 0 Å². The summed E-state index contributed by atoms with van der Waals surface area (Å²) in [4.78, 5) is 23.0. The number of thioether (sulfide) groups is 1. The van der Waals surface area contributed by atoms with Crippen molar-refractivity contribution < 1.29 is 9.59 Å². The molecule has 0 unspecified atom stereocenters. The molecule has 0 atom stereocenters. The van der Waals surface area contributed by atoms with Gasteiger partial charge in [0.2, 0.25) is 5.91 Å². The van der Waals surface area contributed by atoms with Crippen molar-refractivity contribution in [1.29, 1.82) is 0 Å². The third-order valence-corrected chi connectivity index (χ3v) is 4.07. The van der Waals surface area contributed by atoms with Crippen molar-refractivity contribution in [3.63, 3.8) is 0 Å². The summed E-state index contributed by atoms with van der Waals surface area (Å²) in [6.45, 7) is 3.81. The van der Waals surface area contributed by atoms with E-state index in [4.69, 9.17) is 5.73 Å². The van der Waals surface area contributed by atoms with Gasteiger partial charge in [-0.25, -0.2) is 4.79 Å². The smallest absolute Gasteiger partial charge is 0.321 e. The average molecular weight is 273 g/mol. The molecule has 3 amide bonds. The first kappa shape index (κ1) is 15.3. The molecule has 0 radical (unpaired) electrons. The van der Waals surface area contributed by atoms with Crippen LogP contribution in [0.1, 0.15) is 39.5 Å². The van der Waals surface area contributed by atoms with Crippen LogP contribution in [0.2, 0.25) is 0 Å². The van der Waals surface area contributed by atoms with E-state index in [1.807, 2.05) is 13.8 Å². The molecular formula is C12H23N3O2S. The number of urea groups is 1. The van der Waals surface area contributed by atoms with Crippen molar-refractivity contribution in [3.05, 3.63) is 0 Å². The van der Waals surface area contributed by atoms with Crippen molar-refractivity contribution in [3.8, 4) is 0 Å². The Bertz CT molecular complexity index is 296. The molecule has 1 aliphatic carbocycles. The van der Waals surface area contributed by atoms with Crippen LogP contribution in [-0.4, -0.2) is 35.0 Å². The van der Waals surface area contributed by atoms with Gasteiger partial charge < -0.3 is 11.1 Å². The predicted octanol–water partition coefficient (Wildman–Crippen LogP) is 1.23. The maximum absolute atomic E-state index is 11.5. The van der Waals surface area contributed by atoms with Crippen molar-refractivity contribution in [2.45, 2.75) is 51.1 Å². The topological polar surface area (TPSA) is 84.2 Å². The number of imide groups is 1. The second-order valence-corrected chi connectivity index (χ2v) is 6.47. The Kier molecular flexibility index (Phi) is 5.95. The van der Waals surface area contributed by atoms with E-state index in [9.17, 15) is 9.59 Å². The number of nitrogens with two attached hydrogens (primary N) is 1. The largest absolute Gasteiger partial charge is 0.335 e. The lowest BCUT2D eigenvalue weighted by atomic mass is 10.1. The summed E-state index contributed by atoms with van der Waals surface area (Å²) in [5.41, 5.74) is 5.51. The van der Waals surface area contributed by atoms with Crippen molar-refractivity contribution in [2.24, 2.45) is 5.73 Å². The van der Waals surface area contributed by atoms with E-state index in [0.717, 1.165) is 25.7 Å². The summed E-state index contributed by atoms with van der Waals surface area (Å²) in [5, 5.41) is 5.15. The van der Waals surface area contributed by atoms with Crippen LogP contribution in [0.15, 0.2) is 0 Å². The van der Waals surface area contributed by atoms with Crippen LogP contribution in [0.5, 0.6) is 0 Å². The molecule has 1 fully saturated rings. The first-order chi connectivity index (χ1) is 8.37. The second-order valence-electron chi connectivity index (χ2n) is 5.48. The summed E-state index contributed by atoms with van der Waals surface area (Å²) in [7, 11) is 0. The fraction of sp³-hybridized carbons (Fsp3) is 0.833. The van der Waals surface area contributed by atoms with Gasteiger partial charge in [0, 0.05) is 17.3 Å². The zero-order valence-electron chi connectivity index (χ0n) is 11.1. The second kappa shape index (κ2) is 6.99. The minimum Gasteiger partial charge on any atom is -0.335 e. The monoisotopic (exact) mass is 273 g/mol. The molecule has 0 heterocycles. The molecular weight excluding hydrogens is 250 g/mol. The van der Waals surface area contributed by atoms with Gasteiger partial charge in [-0.1, -0.05) is 12.8 Å². The van der Waals surface area contributed by atoms with E-state index in [1.165, 1.54) is 11.8 Å². The normalized spacial score (nSPS) is 16.6. The number of hydrogen-bond acceptors (Lipinski definition) is 4. The Morgan fingerprint density at radius 3 is 2.50 bits per heavy atom. The van der Waals surface area contributed by atoms with E-state index in [-0.39, 0.29) is 29.3 Å². The molecule has 18 heavy (non-hydrogen) atoms. The lowest BCUT2D eigenvalue weighted by Gasteiger charge is -2.17. The number of carbonyl (C=O) groups is 2. The Morgan fingerprint density at radius 1 is 1.33 bits per heavy atom. The third kappa shape index (κ3) is 6.86. The number of amides is 3. The predicted molar refractivity (Wildman–Crippen MR) is 74.5 cm³/mol. The van der Waals surface area contributed by atoms with Crippen LogP contribution in [-0.2, 0) is 4.79 Å². The van der Waals surface area contributed by atoms with Crippen LogP contribution in [0, 0.1) is 0 Å². The highest BCUT2D eigenvalue weighted by atomic mass is 32.2. The number of carbonyl (C=O) groups excluding carboxylic acids is 2. The van der Waals surface area contributed by atoms with Crippen LogP contribution in [0.3, 0.4) is 0 Å². The van der Waals surface area contributed by atoms with E-state index >= 15 is 0 Å². The van der Waals surface area contributed by atoms with Gasteiger partial charge in [-0.3, -0.25) is 10.1 Å². The molecule has 1 saturated carbocycles. The molecule has 0 aromatic heterocycles. The molecule has 104 valence electrons. The zero-order valence-corrected chi connectivity index (χ0v) is 11.9. The van der Waals surface area contributed by atoms with Gasteiger partial charge >= 0.3 is 6.03 Å². The van der Waals surface area contributed by atoms with Gasteiger partial charge in [-0.2, -0.15) is 11.8 Å². The first-order valence-electron chi connectivity index (χ1n) is 6.34. The maximum atomic E-state index is 11.5. The highest BCUT2D eigenvalue weighted by Crippen LogP contribution is 2.17. The molecule has 0 aliphatic heterocycles. The Labute approximate surface area is 113 Å². The Hall–Kier alpha value is -0.750. The minimum atomic E-state index is -0.375. The Morgan fingerprint density at radius 2 is 1.94 bits per heavy atom. The number of nitrogens with one attached hydrogen (secondary N) is 2. The molecule has 1 aliphatic rings.